The van der Waals surface area contributed by atoms with Crippen molar-refractivity contribution >= 4 is 11.8 Å². The van der Waals surface area contributed by atoms with E-state index in [1.165, 1.54) is 0 Å². The Morgan fingerprint density at radius 1 is 0.955 bits per heavy atom. The van der Waals surface area contributed by atoms with Crippen LogP contribution in [0.3, 0.4) is 0 Å². The highest BCUT2D eigenvalue weighted by molar-refractivity contribution is 6.13. The number of carbonyl (C=O) groups is 2. The van der Waals surface area contributed by atoms with Gasteiger partial charge in [-0.25, -0.2) is 0 Å². The third-order valence-electron chi connectivity index (χ3n) is 4.12. The van der Waals surface area contributed by atoms with Crippen molar-refractivity contribution in [1.29, 1.82) is 0 Å². The lowest BCUT2D eigenvalue weighted by atomic mass is 9.73. The molecule has 1 N–H and O–H groups in total. The largest absolute Gasteiger partial charge is 0.480 e. The minimum atomic E-state index is -1.31. The smallest absolute Gasteiger partial charge is 0.320 e. The van der Waals surface area contributed by atoms with Crippen LogP contribution >= 0.6 is 0 Å². The Labute approximate surface area is 129 Å². The molecule has 4 nitrogen and oxygen atoms in total. The molecule has 1 fully saturated rings. The number of hydrogen-bond donors (Lipinski definition) is 1. The number of carbonyl (C=O) groups excluding carboxylic acids is 1. The monoisotopic (exact) mass is 295 g/mol. The van der Waals surface area contributed by atoms with E-state index in [1.807, 2.05) is 41.3 Å². The molecule has 0 saturated carbocycles. The van der Waals surface area contributed by atoms with E-state index in [0.717, 1.165) is 5.56 Å². The molecule has 0 amide bonds. The average molecular weight is 295 g/mol. The number of hydrogen-bond acceptors (Lipinski definition) is 3. The van der Waals surface area contributed by atoms with E-state index in [2.05, 4.69) is 0 Å². The number of ketones is 1. The summed E-state index contributed by atoms with van der Waals surface area (Å²) in [6.07, 6.45) is 0. The Hall–Kier alpha value is -2.46. The van der Waals surface area contributed by atoms with Gasteiger partial charge in [0.1, 0.15) is 0 Å². The fourth-order valence-corrected chi connectivity index (χ4v) is 2.91. The summed E-state index contributed by atoms with van der Waals surface area (Å²) in [5.41, 5.74) is 0.272. The van der Waals surface area contributed by atoms with E-state index >= 15 is 0 Å². The molecule has 22 heavy (non-hydrogen) atoms. The molecule has 1 aliphatic heterocycles. The van der Waals surface area contributed by atoms with Crippen LogP contribution in [0, 0.1) is 5.41 Å². The maximum absolute atomic E-state index is 12.6. The van der Waals surface area contributed by atoms with E-state index in [0.29, 0.717) is 12.1 Å². The fraction of sp³-hybridized carbons (Fsp3) is 0.222. The zero-order valence-electron chi connectivity index (χ0n) is 12.1. The number of carboxylic acid groups (broad SMARTS) is 1. The highest BCUT2D eigenvalue weighted by Gasteiger charge is 2.55. The van der Waals surface area contributed by atoms with Crippen LogP contribution in [0.25, 0.3) is 0 Å². The summed E-state index contributed by atoms with van der Waals surface area (Å²) >= 11 is 0. The van der Waals surface area contributed by atoms with Crippen LogP contribution in [0.15, 0.2) is 60.7 Å². The summed E-state index contributed by atoms with van der Waals surface area (Å²) in [6, 6.07) is 18.5. The Morgan fingerprint density at radius 2 is 1.50 bits per heavy atom. The minimum absolute atomic E-state index is 0.255. The van der Waals surface area contributed by atoms with Gasteiger partial charge in [0.2, 0.25) is 0 Å². The number of likely N-dealkylation sites (tertiary alicyclic amines) is 1. The van der Waals surface area contributed by atoms with Gasteiger partial charge in [0.05, 0.1) is 0 Å². The number of Topliss-reactive ketones (excluding diaryl/α,β-unsaturated/α-hetero) is 1. The van der Waals surface area contributed by atoms with E-state index < -0.39 is 11.4 Å². The molecule has 0 radical (unpaired) electrons. The molecule has 1 saturated heterocycles. The zero-order chi connectivity index (χ0) is 15.6. The van der Waals surface area contributed by atoms with Crippen molar-refractivity contribution in [2.75, 3.05) is 13.1 Å². The molecule has 0 spiro atoms. The van der Waals surface area contributed by atoms with E-state index in [-0.39, 0.29) is 18.9 Å². The second-order valence-corrected chi connectivity index (χ2v) is 5.71. The molecule has 3 rings (SSSR count). The Balaban J connectivity index is 1.74. The Morgan fingerprint density at radius 3 is 2.05 bits per heavy atom. The molecule has 0 aromatic heterocycles. The summed E-state index contributed by atoms with van der Waals surface area (Å²) < 4.78 is 0. The van der Waals surface area contributed by atoms with Gasteiger partial charge < -0.3 is 5.11 Å². The van der Waals surface area contributed by atoms with Crippen molar-refractivity contribution < 1.29 is 14.7 Å². The molecule has 2 aromatic rings. The number of aliphatic carboxylic acids is 1. The van der Waals surface area contributed by atoms with Gasteiger partial charge in [0, 0.05) is 25.2 Å². The molecule has 0 aliphatic carbocycles. The second kappa shape index (κ2) is 5.73. The number of benzene rings is 2. The Bertz CT molecular complexity index is 676. The molecule has 2 aromatic carbocycles. The van der Waals surface area contributed by atoms with Crippen LogP contribution in [-0.4, -0.2) is 34.8 Å². The highest BCUT2D eigenvalue weighted by atomic mass is 16.4. The van der Waals surface area contributed by atoms with E-state index in [4.69, 9.17) is 0 Å². The molecule has 0 atom stereocenters. The van der Waals surface area contributed by atoms with Gasteiger partial charge in [0.15, 0.2) is 11.2 Å². The van der Waals surface area contributed by atoms with Gasteiger partial charge in [-0.3, -0.25) is 14.5 Å². The van der Waals surface area contributed by atoms with E-state index in [1.54, 1.807) is 24.3 Å². The standard InChI is InChI=1S/C18H17NO3/c20-16(15-9-5-2-6-10-15)18(17(21)22)12-19(13-18)11-14-7-3-1-4-8-14/h1-10H,11-13H2,(H,21,22). The molecule has 1 aliphatic rings. The van der Waals surface area contributed by atoms with Gasteiger partial charge >= 0.3 is 5.97 Å². The van der Waals surface area contributed by atoms with Gasteiger partial charge in [-0.1, -0.05) is 60.7 Å². The van der Waals surface area contributed by atoms with Crippen molar-refractivity contribution in [2.45, 2.75) is 6.54 Å². The maximum atomic E-state index is 12.6. The summed E-state index contributed by atoms with van der Waals surface area (Å²) in [5, 5.41) is 9.55. The number of rotatable bonds is 5. The van der Waals surface area contributed by atoms with Crippen molar-refractivity contribution in [3.05, 3.63) is 71.8 Å². The van der Waals surface area contributed by atoms with Gasteiger partial charge in [-0.05, 0) is 5.56 Å². The van der Waals surface area contributed by atoms with Gasteiger partial charge in [-0.2, -0.15) is 0 Å². The van der Waals surface area contributed by atoms with Crippen molar-refractivity contribution in [2.24, 2.45) is 5.41 Å². The second-order valence-electron chi connectivity index (χ2n) is 5.71. The molecule has 1 heterocycles. The first kappa shape index (κ1) is 14.5. The minimum Gasteiger partial charge on any atom is -0.480 e. The zero-order valence-corrected chi connectivity index (χ0v) is 12.1. The number of nitrogens with zero attached hydrogens (tertiary/aromatic N) is 1. The van der Waals surface area contributed by atoms with Crippen LogP contribution in [0.2, 0.25) is 0 Å². The summed E-state index contributed by atoms with van der Waals surface area (Å²) in [5.74, 6) is -1.34. The van der Waals surface area contributed by atoms with Crippen molar-refractivity contribution in [1.82, 2.24) is 4.90 Å². The van der Waals surface area contributed by atoms with Crippen LogP contribution in [0.1, 0.15) is 15.9 Å². The molecule has 0 bridgehead atoms. The first-order valence-electron chi connectivity index (χ1n) is 7.21. The molecule has 0 unspecified atom stereocenters. The van der Waals surface area contributed by atoms with Crippen LogP contribution < -0.4 is 0 Å². The lowest BCUT2D eigenvalue weighted by Crippen LogP contribution is -2.63. The molecule has 112 valence electrons. The normalized spacial score (nSPS) is 16.7. The number of carboxylic acids is 1. The summed E-state index contributed by atoms with van der Waals surface area (Å²) in [6.45, 7) is 1.17. The Kier molecular flexibility index (Phi) is 3.77. The molecular formula is C18H17NO3. The third kappa shape index (κ3) is 2.53. The summed E-state index contributed by atoms with van der Waals surface area (Å²) in [7, 11) is 0. The SMILES string of the molecule is O=C(O)C1(C(=O)c2ccccc2)CN(Cc2ccccc2)C1. The predicted molar refractivity (Wildman–Crippen MR) is 82.6 cm³/mol. The van der Waals surface area contributed by atoms with Crippen LogP contribution in [-0.2, 0) is 11.3 Å². The summed E-state index contributed by atoms with van der Waals surface area (Å²) in [4.78, 5) is 26.2. The first-order chi connectivity index (χ1) is 10.6. The fourth-order valence-electron chi connectivity index (χ4n) is 2.91. The third-order valence-corrected chi connectivity index (χ3v) is 4.12. The first-order valence-corrected chi connectivity index (χ1v) is 7.21. The van der Waals surface area contributed by atoms with Gasteiger partial charge in [-0.15, -0.1) is 0 Å². The van der Waals surface area contributed by atoms with Crippen LogP contribution in [0.4, 0.5) is 0 Å². The maximum Gasteiger partial charge on any atom is 0.320 e. The molecule has 4 heteroatoms. The highest BCUT2D eigenvalue weighted by Crippen LogP contribution is 2.35. The lowest BCUT2D eigenvalue weighted by Gasteiger charge is -2.46. The van der Waals surface area contributed by atoms with Crippen molar-refractivity contribution in [3.63, 3.8) is 0 Å². The average Bonchev–Trinajstić information content (AvgIpc) is 2.51. The lowest BCUT2D eigenvalue weighted by molar-refractivity contribution is -0.155. The van der Waals surface area contributed by atoms with Gasteiger partial charge in [0.25, 0.3) is 0 Å². The molecular weight excluding hydrogens is 278 g/mol. The van der Waals surface area contributed by atoms with Crippen LogP contribution in [0.5, 0.6) is 0 Å². The van der Waals surface area contributed by atoms with E-state index in [9.17, 15) is 14.7 Å². The quantitative estimate of drug-likeness (QED) is 0.680. The predicted octanol–water partition coefficient (Wildman–Crippen LogP) is 2.46. The topological polar surface area (TPSA) is 57.6 Å². The van der Waals surface area contributed by atoms with Crippen molar-refractivity contribution in [3.8, 4) is 0 Å².